The summed E-state index contributed by atoms with van der Waals surface area (Å²) >= 11 is 0. The number of likely N-dealkylation sites (N-methyl/N-ethyl adjacent to an activating group) is 1. The first-order valence-corrected chi connectivity index (χ1v) is 10.6. The minimum atomic E-state index is 0.384. The third-order valence-corrected chi connectivity index (χ3v) is 5.15. The van der Waals surface area contributed by atoms with Gasteiger partial charge in [-0.3, -0.25) is 9.89 Å². The van der Waals surface area contributed by atoms with E-state index in [0.29, 0.717) is 18.6 Å². The molecule has 2 unspecified atom stereocenters. The molecule has 0 radical (unpaired) electrons. The van der Waals surface area contributed by atoms with E-state index in [1.165, 1.54) is 5.56 Å². The van der Waals surface area contributed by atoms with Crippen molar-refractivity contribution in [3.63, 3.8) is 0 Å². The van der Waals surface area contributed by atoms with Gasteiger partial charge in [0, 0.05) is 51.9 Å². The smallest absolute Gasteiger partial charge is 0.191 e. The van der Waals surface area contributed by atoms with Crippen LogP contribution in [0.25, 0.3) is 0 Å². The van der Waals surface area contributed by atoms with Crippen molar-refractivity contribution >= 4 is 5.96 Å². The van der Waals surface area contributed by atoms with Crippen LogP contribution in [0.1, 0.15) is 26.3 Å². The number of nitrogens with zero attached hydrogens (tertiary/aromatic N) is 3. The van der Waals surface area contributed by atoms with Crippen molar-refractivity contribution in [3.05, 3.63) is 35.9 Å². The molecule has 0 aliphatic carbocycles. The SMILES string of the molecule is CCNC(=NCC(C)COCc1ccccc1)NCC(C)N1CCN(C)CC1. The zero-order chi connectivity index (χ0) is 20.2. The highest BCUT2D eigenvalue weighted by molar-refractivity contribution is 5.79. The van der Waals surface area contributed by atoms with E-state index in [1.807, 2.05) is 18.2 Å². The maximum Gasteiger partial charge on any atom is 0.191 e. The van der Waals surface area contributed by atoms with Gasteiger partial charge in [-0.05, 0) is 32.4 Å². The van der Waals surface area contributed by atoms with Crippen LogP contribution in [0.3, 0.4) is 0 Å². The van der Waals surface area contributed by atoms with Crippen molar-refractivity contribution in [1.82, 2.24) is 20.4 Å². The first kappa shape index (κ1) is 22.7. The number of hydrogen-bond donors (Lipinski definition) is 2. The van der Waals surface area contributed by atoms with Crippen LogP contribution < -0.4 is 10.6 Å². The summed E-state index contributed by atoms with van der Waals surface area (Å²) in [6, 6.07) is 10.8. The lowest BCUT2D eigenvalue weighted by atomic mass is 10.2. The van der Waals surface area contributed by atoms with Gasteiger partial charge in [0.2, 0.25) is 0 Å². The van der Waals surface area contributed by atoms with Crippen LogP contribution in [-0.2, 0) is 11.3 Å². The van der Waals surface area contributed by atoms with E-state index in [2.05, 4.69) is 60.4 Å². The molecule has 1 saturated heterocycles. The van der Waals surface area contributed by atoms with E-state index in [9.17, 15) is 0 Å². The second-order valence-electron chi connectivity index (χ2n) is 7.89. The number of piperazine rings is 1. The minimum absolute atomic E-state index is 0.384. The standard InChI is InChI=1S/C22H39N5O/c1-5-23-22(25-16-20(3)27-13-11-26(4)12-14-27)24-15-19(2)17-28-18-21-9-7-6-8-10-21/h6-10,19-20H,5,11-18H2,1-4H3,(H2,23,24,25). The molecular weight excluding hydrogens is 350 g/mol. The summed E-state index contributed by atoms with van der Waals surface area (Å²) in [7, 11) is 2.20. The summed E-state index contributed by atoms with van der Waals surface area (Å²) in [5.41, 5.74) is 1.21. The molecule has 0 aromatic heterocycles. The zero-order valence-corrected chi connectivity index (χ0v) is 18.2. The number of nitrogens with one attached hydrogen (secondary N) is 2. The Morgan fingerprint density at radius 1 is 1.11 bits per heavy atom. The summed E-state index contributed by atoms with van der Waals surface area (Å²) in [4.78, 5) is 9.70. The van der Waals surface area contributed by atoms with E-state index < -0.39 is 0 Å². The van der Waals surface area contributed by atoms with Gasteiger partial charge in [0.15, 0.2) is 5.96 Å². The highest BCUT2D eigenvalue weighted by Gasteiger charge is 2.19. The number of aliphatic imine (C=N–C) groups is 1. The van der Waals surface area contributed by atoms with Crippen LogP contribution in [-0.4, -0.2) is 81.3 Å². The van der Waals surface area contributed by atoms with Gasteiger partial charge in [-0.15, -0.1) is 0 Å². The normalized spacial score (nSPS) is 18.6. The lowest BCUT2D eigenvalue weighted by Crippen LogP contribution is -2.52. The van der Waals surface area contributed by atoms with Crippen molar-refractivity contribution in [2.45, 2.75) is 33.4 Å². The van der Waals surface area contributed by atoms with E-state index >= 15 is 0 Å². The Kier molecular flexibility index (Phi) is 10.3. The molecule has 0 amide bonds. The van der Waals surface area contributed by atoms with E-state index in [0.717, 1.165) is 58.4 Å². The van der Waals surface area contributed by atoms with Gasteiger partial charge in [0.1, 0.15) is 0 Å². The van der Waals surface area contributed by atoms with Gasteiger partial charge < -0.3 is 20.3 Å². The molecule has 2 N–H and O–H groups in total. The Hall–Kier alpha value is -1.63. The molecule has 0 spiro atoms. The quantitative estimate of drug-likeness (QED) is 0.474. The maximum absolute atomic E-state index is 5.84. The first-order valence-electron chi connectivity index (χ1n) is 10.6. The van der Waals surface area contributed by atoms with Crippen molar-refractivity contribution in [2.24, 2.45) is 10.9 Å². The molecule has 1 aromatic rings. The summed E-state index contributed by atoms with van der Waals surface area (Å²) in [6.45, 7) is 15.1. The van der Waals surface area contributed by atoms with Gasteiger partial charge in [-0.2, -0.15) is 0 Å². The second kappa shape index (κ2) is 12.8. The van der Waals surface area contributed by atoms with Gasteiger partial charge in [-0.25, -0.2) is 0 Å². The molecular formula is C22H39N5O. The fraction of sp³-hybridized carbons (Fsp3) is 0.682. The summed E-state index contributed by atoms with van der Waals surface area (Å²) in [6.07, 6.45) is 0. The predicted molar refractivity (Wildman–Crippen MR) is 118 cm³/mol. The predicted octanol–water partition coefficient (Wildman–Crippen LogP) is 2.03. The van der Waals surface area contributed by atoms with Crippen LogP contribution in [0.15, 0.2) is 35.3 Å². The number of benzene rings is 1. The Labute approximate surface area is 171 Å². The molecule has 0 bridgehead atoms. The Bertz CT molecular complexity index is 557. The summed E-state index contributed by atoms with van der Waals surface area (Å²) < 4.78 is 5.84. The lowest BCUT2D eigenvalue weighted by Gasteiger charge is -2.36. The number of guanidine groups is 1. The van der Waals surface area contributed by atoms with Crippen molar-refractivity contribution < 1.29 is 4.74 Å². The Morgan fingerprint density at radius 2 is 1.82 bits per heavy atom. The molecule has 1 fully saturated rings. The summed E-state index contributed by atoms with van der Waals surface area (Å²) in [5.74, 6) is 1.28. The van der Waals surface area contributed by atoms with Crippen LogP contribution in [0.2, 0.25) is 0 Å². The van der Waals surface area contributed by atoms with E-state index in [4.69, 9.17) is 9.73 Å². The third-order valence-electron chi connectivity index (χ3n) is 5.15. The fourth-order valence-electron chi connectivity index (χ4n) is 3.23. The van der Waals surface area contributed by atoms with Crippen molar-refractivity contribution in [3.8, 4) is 0 Å². The molecule has 2 atom stereocenters. The monoisotopic (exact) mass is 389 g/mol. The van der Waals surface area contributed by atoms with Gasteiger partial charge in [-0.1, -0.05) is 37.3 Å². The second-order valence-corrected chi connectivity index (χ2v) is 7.89. The highest BCUT2D eigenvalue weighted by atomic mass is 16.5. The molecule has 6 heteroatoms. The van der Waals surface area contributed by atoms with Crippen molar-refractivity contribution in [2.75, 3.05) is 59.5 Å². The largest absolute Gasteiger partial charge is 0.376 e. The van der Waals surface area contributed by atoms with E-state index in [1.54, 1.807) is 0 Å². The molecule has 1 aliphatic rings. The average molecular weight is 390 g/mol. The molecule has 6 nitrogen and oxygen atoms in total. The third kappa shape index (κ3) is 8.59. The first-order chi connectivity index (χ1) is 13.6. The van der Waals surface area contributed by atoms with Crippen molar-refractivity contribution in [1.29, 1.82) is 0 Å². The van der Waals surface area contributed by atoms with Crippen LogP contribution in [0.4, 0.5) is 0 Å². The number of rotatable bonds is 10. The lowest BCUT2D eigenvalue weighted by molar-refractivity contribution is 0.0944. The number of hydrogen-bond acceptors (Lipinski definition) is 4. The molecule has 1 aromatic carbocycles. The number of ether oxygens (including phenoxy) is 1. The van der Waals surface area contributed by atoms with Crippen LogP contribution in [0.5, 0.6) is 0 Å². The topological polar surface area (TPSA) is 52.1 Å². The molecule has 28 heavy (non-hydrogen) atoms. The van der Waals surface area contributed by atoms with Crippen LogP contribution >= 0.6 is 0 Å². The van der Waals surface area contributed by atoms with Crippen LogP contribution in [0, 0.1) is 5.92 Å². The van der Waals surface area contributed by atoms with Gasteiger partial charge in [0.05, 0.1) is 13.2 Å². The molecule has 2 rings (SSSR count). The van der Waals surface area contributed by atoms with Gasteiger partial charge >= 0.3 is 0 Å². The molecule has 1 heterocycles. The Morgan fingerprint density at radius 3 is 2.50 bits per heavy atom. The summed E-state index contributed by atoms with van der Waals surface area (Å²) in [5, 5.41) is 6.87. The average Bonchev–Trinajstić information content (AvgIpc) is 2.71. The maximum atomic E-state index is 5.84. The minimum Gasteiger partial charge on any atom is -0.376 e. The molecule has 158 valence electrons. The van der Waals surface area contributed by atoms with Gasteiger partial charge in [0.25, 0.3) is 0 Å². The fourth-order valence-corrected chi connectivity index (χ4v) is 3.23. The Balaban J connectivity index is 1.69. The zero-order valence-electron chi connectivity index (χ0n) is 18.2. The highest BCUT2D eigenvalue weighted by Crippen LogP contribution is 2.05. The molecule has 0 saturated carbocycles. The molecule has 1 aliphatic heterocycles. The van der Waals surface area contributed by atoms with E-state index in [-0.39, 0.29) is 0 Å².